The molecule has 0 spiro atoms. The van der Waals surface area contributed by atoms with Gasteiger partial charge in [0.25, 0.3) is 5.91 Å². The quantitative estimate of drug-likeness (QED) is 0.344. The van der Waals surface area contributed by atoms with Gasteiger partial charge in [0, 0.05) is 16.9 Å². The predicted octanol–water partition coefficient (Wildman–Crippen LogP) is 4.39. The van der Waals surface area contributed by atoms with Crippen LogP contribution in [-0.2, 0) is 11.3 Å². The van der Waals surface area contributed by atoms with Crippen LogP contribution in [0.3, 0.4) is 0 Å². The van der Waals surface area contributed by atoms with Crippen molar-refractivity contribution in [1.82, 2.24) is 10.6 Å². The highest BCUT2D eigenvalue weighted by atomic mass is 16.5. The van der Waals surface area contributed by atoms with Crippen LogP contribution in [0.5, 0.6) is 5.75 Å². The number of nitrogens with one attached hydrogen (secondary N) is 4. The molecule has 0 aliphatic rings. The first-order valence-electron chi connectivity index (χ1n) is 11.4. The number of benzene rings is 2. The van der Waals surface area contributed by atoms with Gasteiger partial charge in [-0.15, -0.1) is 0 Å². The molecule has 0 bridgehead atoms. The number of amides is 4. The molecule has 4 N–H and O–H groups in total. The summed E-state index contributed by atoms with van der Waals surface area (Å²) in [6, 6.07) is 15.8. The Balaban J connectivity index is 1.53. The Kier molecular flexibility index (Phi) is 8.89. The fraction of sp³-hybridized carbons (Fsp3) is 0.269. The van der Waals surface area contributed by atoms with E-state index in [1.807, 2.05) is 20.8 Å². The zero-order valence-electron chi connectivity index (χ0n) is 20.0. The summed E-state index contributed by atoms with van der Waals surface area (Å²) < 4.78 is 10.6. The molecule has 9 nitrogen and oxygen atoms in total. The van der Waals surface area contributed by atoms with Crippen molar-refractivity contribution in [3.63, 3.8) is 0 Å². The Labute approximate surface area is 204 Å². The van der Waals surface area contributed by atoms with Gasteiger partial charge < -0.3 is 30.4 Å². The fourth-order valence-corrected chi connectivity index (χ4v) is 3.24. The molecule has 0 saturated carbocycles. The van der Waals surface area contributed by atoms with Crippen molar-refractivity contribution in [2.45, 2.75) is 33.4 Å². The third kappa shape index (κ3) is 7.63. The second-order valence-electron chi connectivity index (χ2n) is 8.11. The lowest BCUT2D eigenvalue weighted by Crippen LogP contribution is -2.47. The summed E-state index contributed by atoms with van der Waals surface area (Å²) in [6.07, 6.45) is 1.54. The van der Waals surface area contributed by atoms with Gasteiger partial charge >= 0.3 is 6.03 Å². The van der Waals surface area contributed by atoms with E-state index < -0.39 is 6.04 Å². The summed E-state index contributed by atoms with van der Waals surface area (Å²) in [4.78, 5) is 37.6. The normalized spacial score (nSPS) is 11.4. The molecule has 0 saturated heterocycles. The number of hydrogen-bond donors (Lipinski definition) is 4. The minimum absolute atomic E-state index is 0.138. The largest absolute Gasteiger partial charge is 0.494 e. The van der Waals surface area contributed by atoms with Gasteiger partial charge in [0.2, 0.25) is 5.91 Å². The topological polar surface area (TPSA) is 122 Å². The summed E-state index contributed by atoms with van der Waals surface area (Å²) in [6.45, 7) is 6.41. The van der Waals surface area contributed by atoms with Gasteiger partial charge in [0.15, 0.2) is 0 Å². The van der Waals surface area contributed by atoms with Crippen LogP contribution in [0.15, 0.2) is 71.3 Å². The molecule has 0 aliphatic heterocycles. The molecule has 0 radical (unpaired) electrons. The van der Waals surface area contributed by atoms with Gasteiger partial charge in [-0.2, -0.15) is 0 Å². The highest BCUT2D eigenvalue weighted by Crippen LogP contribution is 2.16. The van der Waals surface area contributed by atoms with Gasteiger partial charge in [-0.3, -0.25) is 9.59 Å². The van der Waals surface area contributed by atoms with Crippen LogP contribution in [0.25, 0.3) is 0 Å². The van der Waals surface area contributed by atoms with E-state index in [2.05, 4.69) is 21.3 Å². The van der Waals surface area contributed by atoms with E-state index in [1.165, 1.54) is 6.26 Å². The zero-order valence-corrected chi connectivity index (χ0v) is 20.0. The first kappa shape index (κ1) is 25.4. The predicted molar refractivity (Wildman–Crippen MR) is 133 cm³/mol. The third-order valence-electron chi connectivity index (χ3n) is 5.08. The van der Waals surface area contributed by atoms with Crippen LogP contribution >= 0.6 is 0 Å². The zero-order chi connectivity index (χ0) is 25.2. The van der Waals surface area contributed by atoms with E-state index in [-0.39, 0.29) is 30.3 Å². The van der Waals surface area contributed by atoms with E-state index in [0.717, 1.165) is 0 Å². The summed E-state index contributed by atoms with van der Waals surface area (Å²) in [5.41, 5.74) is 1.54. The first-order chi connectivity index (χ1) is 16.9. The van der Waals surface area contributed by atoms with E-state index in [9.17, 15) is 14.4 Å². The Hall–Kier alpha value is -4.27. The number of anilines is 2. The lowest BCUT2D eigenvalue weighted by Gasteiger charge is -2.22. The summed E-state index contributed by atoms with van der Waals surface area (Å²) >= 11 is 0. The van der Waals surface area contributed by atoms with Crippen molar-refractivity contribution < 1.29 is 23.5 Å². The van der Waals surface area contributed by atoms with Crippen molar-refractivity contribution >= 4 is 29.2 Å². The van der Waals surface area contributed by atoms with Crippen LogP contribution in [0, 0.1) is 5.92 Å². The van der Waals surface area contributed by atoms with E-state index in [4.69, 9.17) is 9.15 Å². The lowest BCUT2D eigenvalue weighted by atomic mass is 10.0. The van der Waals surface area contributed by atoms with Crippen LogP contribution in [0.2, 0.25) is 0 Å². The SMILES string of the molecule is CCOc1ccc(C(=O)NC(C(=O)Nc2ccc(NC(=O)NCc3ccco3)cc2)C(C)C)cc1. The maximum Gasteiger partial charge on any atom is 0.319 e. The highest BCUT2D eigenvalue weighted by Gasteiger charge is 2.25. The Bertz CT molecular complexity index is 1110. The average Bonchev–Trinajstić information content (AvgIpc) is 3.36. The Morgan fingerprint density at radius 1 is 0.914 bits per heavy atom. The molecule has 9 heteroatoms. The molecule has 0 fully saturated rings. The van der Waals surface area contributed by atoms with Crippen molar-refractivity contribution in [3.05, 3.63) is 78.3 Å². The van der Waals surface area contributed by atoms with Crippen LogP contribution in [0.1, 0.15) is 36.9 Å². The Morgan fingerprint density at radius 3 is 2.14 bits per heavy atom. The van der Waals surface area contributed by atoms with Crippen molar-refractivity contribution in [3.8, 4) is 5.75 Å². The monoisotopic (exact) mass is 478 g/mol. The highest BCUT2D eigenvalue weighted by molar-refractivity contribution is 6.01. The molecule has 1 atom stereocenters. The van der Waals surface area contributed by atoms with Crippen molar-refractivity contribution in [2.24, 2.45) is 5.92 Å². The maximum absolute atomic E-state index is 12.9. The molecule has 0 aliphatic carbocycles. The second-order valence-corrected chi connectivity index (χ2v) is 8.11. The van der Waals surface area contributed by atoms with Gasteiger partial charge in [-0.25, -0.2) is 4.79 Å². The molecule has 35 heavy (non-hydrogen) atoms. The molecular formula is C26H30N4O5. The number of rotatable bonds is 10. The van der Waals surface area contributed by atoms with Crippen molar-refractivity contribution in [2.75, 3.05) is 17.2 Å². The van der Waals surface area contributed by atoms with Crippen LogP contribution in [-0.4, -0.2) is 30.5 Å². The summed E-state index contributed by atoms with van der Waals surface area (Å²) in [5.74, 6) is 0.501. The number of carbonyl (C=O) groups is 3. The molecular weight excluding hydrogens is 448 g/mol. The van der Waals surface area contributed by atoms with Crippen LogP contribution < -0.4 is 26.0 Å². The number of carbonyl (C=O) groups excluding carboxylic acids is 3. The minimum atomic E-state index is -0.737. The fourth-order valence-electron chi connectivity index (χ4n) is 3.24. The van der Waals surface area contributed by atoms with Crippen molar-refractivity contribution in [1.29, 1.82) is 0 Å². The second kappa shape index (κ2) is 12.3. The lowest BCUT2D eigenvalue weighted by molar-refractivity contribution is -0.118. The molecule has 1 unspecified atom stereocenters. The summed E-state index contributed by atoms with van der Waals surface area (Å²) in [5, 5.41) is 11.0. The maximum atomic E-state index is 12.9. The van der Waals surface area contributed by atoms with Crippen LogP contribution in [0.4, 0.5) is 16.2 Å². The van der Waals surface area contributed by atoms with E-state index in [0.29, 0.717) is 35.1 Å². The molecule has 1 heterocycles. The number of furan rings is 1. The van der Waals surface area contributed by atoms with Gasteiger partial charge in [0.1, 0.15) is 17.6 Å². The number of ether oxygens (including phenoxy) is 1. The Morgan fingerprint density at radius 2 is 1.57 bits per heavy atom. The molecule has 3 aromatic rings. The van der Waals surface area contributed by atoms with E-state index >= 15 is 0 Å². The smallest absolute Gasteiger partial charge is 0.319 e. The minimum Gasteiger partial charge on any atom is -0.494 e. The third-order valence-corrected chi connectivity index (χ3v) is 5.08. The molecule has 4 amide bonds. The molecule has 1 aromatic heterocycles. The number of urea groups is 1. The summed E-state index contributed by atoms with van der Waals surface area (Å²) in [7, 11) is 0. The van der Waals surface area contributed by atoms with Gasteiger partial charge in [-0.1, -0.05) is 13.8 Å². The first-order valence-corrected chi connectivity index (χ1v) is 11.4. The number of hydrogen-bond acceptors (Lipinski definition) is 5. The average molecular weight is 479 g/mol. The van der Waals surface area contributed by atoms with Gasteiger partial charge in [0.05, 0.1) is 19.4 Å². The van der Waals surface area contributed by atoms with E-state index in [1.54, 1.807) is 60.7 Å². The molecule has 184 valence electrons. The molecule has 2 aromatic carbocycles. The van der Waals surface area contributed by atoms with Gasteiger partial charge in [-0.05, 0) is 73.5 Å². The molecule has 3 rings (SSSR count). The standard InChI is InChI=1S/C26H30N4O5/c1-4-34-21-13-7-18(8-14-21)24(31)30-23(17(2)3)25(32)28-19-9-11-20(12-10-19)29-26(33)27-16-22-6-5-15-35-22/h5-15,17,23H,4,16H2,1-3H3,(H,28,32)(H,30,31)(H2,27,29,33).